The molecule has 3 rings (SSSR count). The minimum Gasteiger partial charge on any atom is -0.320 e. The third-order valence-electron chi connectivity index (χ3n) is 4.41. The van der Waals surface area contributed by atoms with Gasteiger partial charge in [0.25, 0.3) is 11.2 Å². The molecule has 0 saturated carbocycles. The lowest BCUT2D eigenvalue weighted by atomic mass is 10.1. The molecule has 1 N–H and O–H groups in total. The number of nitrogens with zero attached hydrogens (tertiary/aromatic N) is 3. The van der Waals surface area contributed by atoms with E-state index in [1.165, 1.54) is 18.2 Å². The molecule has 0 fully saturated rings. The van der Waals surface area contributed by atoms with E-state index in [2.05, 4.69) is 10.3 Å². The van der Waals surface area contributed by atoms with E-state index >= 15 is 0 Å². The number of nitro groups is 1. The molecule has 0 radical (unpaired) electrons. The molecule has 0 aliphatic carbocycles. The summed E-state index contributed by atoms with van der Waals surface area (Å²) in [5.74, 6) is -0.811. The SMILES string of the molecule is O=c1cc(C(F)(F)F)nc(Nc2ccc(C(F)(F)F)cc2[N+](=O)[O-])n1Cc1ccc(Cl)cc1Cl. The number of anilines is 2. The van der Waals surface area contributed by atoms with Crippen LogP contribution in [0.15, 0.2) is 47.3 Å². The molecule has 0 aliphatic heterocycles. The number of hydrogen-bond acceptors (Lipinski definition) is 5. The van der Waals surface area contributed by atoms with Gasteiger partial charge in [0.1, 0.15) is 5.69 Å². The minimum atomic E-state index is -5.06. The van der Waals surface area contributed by atoms with E-state index in [0.29, 0.717) is 16.7 Å². The maximum absolute atomic E-state index is 13.2. The average molecular weight is 527 g/mol. The number of nitro benzene ring substituents is 1. The summed E-state index contributed by atoms with van der Waals surface area (Å²) in [6, 6.07) is 5.64. The lowest BCUT2D eigenvalue weighted by Gasteiger charge is -2.17. The van der Waals surface area contributed by atoms with E-state index < -0.39 is 58.0 Å². The van der Waals surface area contributed by atoms with Gasteiger partial charge in [-0.25, -0.2) is 4.98 Å². The van der Waals surface area contributed by atoms with Gasteiger partial charge in [-0.15, -0.1) is 0 Å². The number of rotatable bonds is 5. The fourth-order valence-electron chi connectivity index (χ4n) is 2.80. The number of aromatic nitrogens is 2. The highest BCUT2D eigenvalue weighted by Crippen LogP contribution is 2.36. The molecule has 1 aromatic heterocycles. The Kier molecular flexibility index (Phi) is 6.80. The second kappa shape index (κ2) is 9.14. The highest BCUT2D eigenvalue weighted by Gasteiger charge is 2.35. The summed E-state index contributed by atoms with van der Waals surface area (Å²) < 4.78 is 79.3. The van der Waals surface area contributed by atoms with Gasteiger partial charge in [-0.05, 0) is 29.8 Å². The Morgan fingerprint density at radius 2 is 1.68 bits per heavy atom. The number of alkyl halides is 6. The zero-order valence-electron chi connectivity index (χ0n) is 16.3. The van der Waals surface area contributed by atoms with E-state index in [4.69, 9.17) is 23.2 Å². The van der Waals surface area contributed by atoms with Crippen LogP contribution in [-0.4, -0.2) is 14.5 Å². The second-order valence-electron chi connectivity index (χ2n) is 6.73. The molecule has 0 bridgehead atoms. The molecule has 0 aliphatic rings. The van der Waals surface area contributed by atoms with Crippen molar-refractivity contribution in [3.05, 3.63) is 89.8 Å². The summed E-state index contributed by atoms with van der Waals surface area (Å²) in [6.45, 7) is -0.434. The Bertz CT molecular complexity index is 1320. The maximum atomic E-state index is 13.2. The molecular weight excluding hydrogens is 517 g/mol. The molecule has 0 atom stereocenters. The van der Waals surface area contributed by atoms with Crippen LogP contribution >= 0.6 is 23.2 Å². The van der Waals surface area contributed by atoms with Gasteiger partial charge in [0, 0.05) is 22.2 Å². The van der Waals surface area contributed by atoms with Gasteiger partial charge in [0.05, 0.1) is 17.0 Å². The molecular formula is C19H10Cl2F6N4O3. The molecule has 0 unspecified atom stereocenters. The van der Waals surface area contributed by atoms with Crippen LogP contribution < -0.4 is 10.9 Å². The molecule has 3 aromatic rings. The van der Waals surface area contributed by atoms with Crippen molar-refractivity contribution < 1.29 is 31.3 Å². The fraction of sp³-hybridized carbons (Fsp3) is 0.158. The van der Waals surface area contributed by atoms with Crippen molar-refractivity contribution in [1.29, 1.82) is 0 Å². The zero-order chi connectivity index (χ0) is 25.4. The van der Waals surface area contributed by atoms with Gasteiger partial charge < -0.3 is 5.32 Å². The molecule has 15 heteroatoms. The van der Waals surface area contributed by atoms with E-state index in [0.717, 1.165) is 0 Å². The van der Waals surface area contributed by atoms with Gasteiger partial charge in [-0.2, -0.15) is 26.3 Å². The smallest absolute Gasteiger partial charge is 0.320 e. The standard InChI is InChI=1S/C19H10Cl2F6N4O3/c20-11-3-1-9(12(21)6-11)8-30-16(32)7-15(19(25,26)27)29-17(30)28-13-4-2-10(18(22,23)24)5-14(13)31(33)34/h1-7H,8H2,(H,28,29). The molecule has 7 nitrogen and oxygen atoms in total. The van der Waals surface area contributed by atoms with Crippen LogP contribution in [0.5, 0.6) is 0 Å². The number of benzene rings is 2. The quantitative estimate of drug-likeness (QED) is 0.240. The van der Waals surface area contributed by atoms with Crippen LogP contribution in [0.4, 0.5) is 43.7 Å². The molecule has 1 heterocycles. The monoisotopic (exact) mass is 526 g/mol. The first kappa shape index (κ1) is 25.3. The van der Waals surface area contributed by atoms with Gasteiger partial charge in [0.15, 0.2) is 5.69 Å². The first-order valence-corrected chi connectivity index (χ1v) is 9.68. The van der Waals surface area contributed by atoms with E-state index in [1.807, 2.05) is 0 Å². The van der Waals surface area contributed by atoms with E-state index in [-0.39, 0.29) is 27.7 Å². The van der Waals surface area contributed by atoms with Crippen molar-refractivity contribution in [2.75, 3.05) is 5.32 Å². The molecule has 0 saturated heterocycles. The summed E-state index contributed by atoms with van der Waals surface area (Å²) in [4.78, 5) is 26.0. The van der Waals surface area contributed by atoms with E-state index in [9.17, 15) is 41.3 Å². The lowest BCUT2D eigenvalue weighted by molar-refractivity contribution is -0.384. The number of hydrogen-bond donors (Lipinski definition) is 1. The summed E-state index contributed by atoms with van der Waals surface area (Å²) in [5.41, 5.74) is -5.66. The fourth-order valence-corrected chi connectivity index (χ4v) is 3.27. The Hall–Kier alpha value is -3.32. The Balaban J connectivity index is 2.17. The third kappa shape index (κ3) is 5.59. The van der Waals surface area contributed by atoms with Crippen molar-refractivity contribution in [3.8, 4) is 0 Å². The normalized spacial score (nSPS) is 12.0. The van der Waals surface area contributed by atoms with Crippen molar-refractivity contribution in [3.63, 3.8) is 0 Å². The highest BCUT2D eigenvalue weighted by atomic mass is 35.5. The van der Waals surface area contributed by atoms with Gasteiger partial charge >= 0.3 is 12.4 Å². The predicted molar refractivity (Wildman–Crippen MR) is 110 cm³/mol. The zero-order valence-corrected chi connectivity index (χ0v) is 17.9. The summed E-state index contributed by atoms with van der Waals surface area (Å²) in [7, 11) is 0. The van der Waals surface area contributed by atoms with Crippen molar-refractivity contribution >= 4 is 40.5 Å². The third-order valence-corrected chi connectivity index (χ3v) is 5.00. The van der Waals surface area contributed by atoms with Crippen LogP contribution in [0, 0.1) is 10.1 Å². The Morgan fingerprint density at radius 1 is 1.00 bits per heavy atom. The largest absolute Gasteiger partial charge is 0.433 e. The summed E-state index contributed by atoms with van der Waals surface area (Å²) in [6.07, 6.45) is -9.97. The van der Waals surface area contributed by atoms with Crippen LogP contribution in [0.2, 0.25) is 10.0 Å². The van der Waals surface area contributed by atoms with Crippen molar-refractivity contribution in [2.45, 2.75) is 18.9 Å². The predicted octanol–water partition coefficient (Wildman–Crippen LogP) is 6.29. The highest BCUT2D eigenvalue weighted by molar-refractivity contribution is 6.35. The maximum Gasteiger partial charge on any atom is 0.433 e. The van der Waals surface area contributed by atoms with Gasteiger partial charge in [-0.1, -0.05) is 29.3 Å². The van der Waals surface area contributed by atoms with Crippen molar-refractivity contribution in [2.24, 2.45) is 0 Å². The molecule has 0 amide bonds. The molecule has 180 valence electrons. The first-order valence-electron chi connectivity index (χ1n) is 8.92. The Morgan fingerprint density at radius 3 is 2.24 bits per heavy atom. The average Bonchev–Trinajstić information content (AvgIpc) is 2.70. The van der Waals surface area contributed by atoms with Crippen LogP contribution in [-0.2, 0) is 18.9 Å². The van der Waals surface area contributed by atoms with Crippen LogP contribution in [0.25, 0.3) is 0 Å². The molecule has 0 spiro atoms. The first-order chi connectivity index (χ1) is 15.7. The number of halogens is 8. The lowest BCUT2D eigenvalue weighted by Crippen LogP contribution is -2.27. The van der Waals surface area contributed by atoms with Gasteiger partial charge in [-0.3, -0.25) is 19.5 Å². The topological polar surface area (TPSA) is 90.1 Å². The molecule has 2 aromatic carbocycles. The summed E-state index contributed by atoms with van der Waals surface area (Å²) >= 11 is 11.9. The summed E-state index contributed by atoms with van der Waals surface area (Å²) in [5, 5.41) is 13.8. The van der Waals surface area contributed by atoms with Crippen LogP contribution in [0.1, 0.15) is 16.8 Å². The second-order valence-corrected chi connectivity index (χ2v) is 7.58. The number of nitrogens with one attached hydrogen (secondary N) is 1. The minimum absolute atomic E-state index is 0.0609. The Labute approximate surface area is 195 Å². The van der Waals surface area contributed by atoms with Crippen LogP contribution in [0.3, 0.4) is 0 Å². The van der Waals surface area contributed by atoms with Crippen molar-refractivity contribution in [1.82, 2.24) is 9.55 Å². The van der Waals surface area contributed by atoms with Gasteiger partial charge in [0.2, 0.25) is 5.95 Å². The van der Waals surface area contributed by atoms with E-state index in [1.54, 1.807) is 0 Å². The molecule has 34 heavy (non-hydrogen) atoms.